The van der Waals surface area contributed by atoms with Crippen molar-refractivity contribution in [3.63, 3.8) is 0 Å². The van der Waals surface area contributed by atoms with E-state index in [1.165, 1.54) is 35.7 Å². The molecule has 0 radical (unpaired) electrons. The number of carbonyl (C=O) groups is 6. The Labute approximate surface area is 270 Å². The van der Waals surface area contributed by atoms with Crippen LogP contribution in [0.3, 0.4) is 0 Å². The molecule has 0 aliphatic carbocycles. The topological polar surface area (TPSA) is 197 Å². The van der Waals surface area contributed by atoms with Gasteiger partial charge in [-0.1, -0.05) is 40.5 Å². The van der Waals surface area contributed by atoms with Crippen molar-refractivity contribution in [2.24, 2.45) is 11.8 Å². The minimum absolute atomic E-state index is 0.0949. The summed E-state index contributed by atoms with van der Waals surface area (Å²) in [5.41, 5.74) is 0. The Morgan fingerprint density at radius 3 is 2.09 bits per heavy atom. The Kier molecular flexibility index (Phi) is 16.8. The highest BCUT2D eigenvalue weighted by molar-refractivity contribution is 6.18. The average molecular weight is 662 g/mol. The largest absolute Gasteiger partial charge is 0.481 e. The van der Waals surface area contributed by atoms with Gasteiger partial charge in [0.1, 0.15) is 30.3 Å². The van der Waals surface area contributed by atoms with E-state index >= 15 is 0 Å². The zero-order valence-corrected chi connectivity index (χ0v) is 28.2. The predicted molar refractivity (Wildman–Crippen MR) is 167 cm³/mol. The summed E-state index contributed by atoms with van der Waals surface area (Å²) in [6, 6.07) is -3.88. The molecule has 258 valence electrons. The highest BCUT2D eigenvalue weighted by atomic mass is 35.5. The number of carboxylic acid groups (broad SMARTS) is 1. The molecule has 5 N–H and O–H groups in total. The standard InChI is InChI=1S/C30H52ClN5O9/c1-8-17(3)24(33-27(42)21-11-10-14-36(21)28(43)22(38)15-20(37)16-31)29(44)35(7)25(18(4)9-2)30(45)34(6)19(5)26(41)32-13-12-23(39)40/h17-22,24-25,37-38H,8-16H2,1-7H3,(H,32,41)(H,33,42)(H,39,40)/t17-,18-,19-,20?,21-,22?,24-,25-/m0/s1. The van der Waals surface area contributed by atoms with Gasteiger partial charge in [0.05, 0.1) is 12.5 Å². The number of carboxylic acids is 1. The molecule has 5 amide bonds. The highest BCUT2D eigenvalue weighted by Crippen LogP contribution is 2.23. The molecule has 0 aromatic heterocycles. The first-order valence-corrected chi connectivity index (χ1v) is 16.1. The van der Waals surface area contributed by atoms with Gasteiger partial charge in [-0.25, -0.2) is 0 Å². The summed E-state index contributed by atoms with van der Waals surface area (Å²) in [4.78, 5) is 81.4. The lowest BCUT2D eigenvalue weighted by atomic mass is 9.92. The van der Waals surface area contributed by atoms with Gasteiger partial charge in [-0.3, -0.25) is 28.8 Å². The maximum Gasteiger partial charge on any atom is 0.305 e. The van der Waals surface area contributed by atoms with Gasteiger partial charge in [-0.05, 0) is 31.6 Å². The molecule has 1 heterocycles. The number of halogens is 1. The number of aliphatic hydroxyl groups excluding tert-OH is 2. The summed E-state index contributed by atoms with van der Waals surface area (Å²) in [6.45, 7) is 8.97. The molecule has 2 unspecified atom stereocenters. The smallest absolute Gasteiger partial charge is 0.305 e. The fourth-order valence-corrected chi connectivity index (χ4v) is 5.36. The van der Waals surface area contributed by atoms with Gasteiger partial charge in [0.2, 0.25) is 23.6 Å². The molecule has 0 saturated carbocycles. The third-order valence-electron chi connectivity index (χ3n) is 8.72. The number of hydrogen-bond acceptors (Lipinski definition) is 8. The van der Waals surface area contributed by atoms with Crippen LogP contribution in [0.5, 0.6) is 0 Å². The predicted octanol–water partition coefficient (Wildman–Crippen LogP) is 0.170. The molecule has 1 fully saturated rings. The Balaban J connectivity index is 3.18. The number of nitrogens with one attached hydrogen (secondary N) is 2. The molecule has 0 bridgehead atoms. The van der Waals surface area contributed by atoms with E-state index in [-0.39, 0.29) is 43.6 Å². The molecule has 1 aliphatic rings. The maximum absolute atomic E-state index is 14.0. The second-order valence-corrected chi connectivity index (χ2v) is 12.3. The summed E-state index contributed by atoms with van der Waals surface area (Å²) in [5, 5.41) is 34.2. The lowest BCUT2D eigenvalue weighted by Gasteiger charge is -2.38. The summed E-state index contributed by atoms with van der Waals surface area (Å²) < 4.78 is 0. The quantitative estimate of drug-likeness (QED) is 0.127. The van der Waals surface area contributed by atoms with Crippen molar-refractivity contribution in [1.29, 1.82) is 0 Å². The van der Waals surface area contributed by atoms with Crippen molar-refractivity contribution in [3.05, 3.63) is 0 Å². The van der Waals surface area contributed by atoms with Crippen LogP contribution in [0.15, 0.2) is 0 Å². The number of likely N-dealkylation sites (tertiary alicyclic amines) is 1. The van der Waals surface area contributed by atoms with Crippen molar-refractivity contribution in [1.82, 2.24) is 25.3 Å². The van der Waals surface area contributed by atoms with Gasteiger partial charge in [-0.2, -0.15) is 0 Å². The number of rotatable bonds is 18. The van der Waals surface area contributed by atoms with Crippen LogP contribution in [-0.2, 0) is 28.8 Å². The van der Waals surface area contributed by atoms with E-state index in [4.69, 9.17) is 16.7 Å². The monoisotopic (exact) mass is 661 g/mol. The molecule has 14 nitrogen and oxygen atoms in total. The molecule has 15 heteroatoms. The second kappa shape index (κ2) is 18.9. The summed E-state index contributed by atoms with van der Waals surface area (Å²) in [6.07, 6.45) is -1.28. The number of aliphatic carboxylic acids is 1. The molecule has 45 heavy (non-hydrogen) atoms. The number of likely N-dealkylation sites (N-methyl/N-ethyl adjacent to an activating group) is 2. The second-order valence-electron chi connectivity index (χ2n) is 12.0. The number of carbonyl (C=O) groups excluding carboxylic acids is 5. The van der Waals surface area contributed by atoms with E-state index in [2.05, 4.69) is 10.6 Å². The van der Waals surface area contributed by atoms with Gasteiger partial charge in [0, 0.05) is 39.5 Å². The summed E-state index contributed by atoms with van der Waals surface area (Å²) in [5.74, 6) is -4.69. The number of hydrogen-bond donors (Lipinski definition) is 5. The zero-order valence-electron chi connectivity index (χ0n) is 27.5. The van der Waals surface area contributed by atoms with Crippen molar-refractivity contribution >= 4 is 47.1 Å². The molecule has 0 aromatic rings. The van der Waals surface area contributed by atoms with Crippen LogP contribution >= 0.6 is 11.6 Å². The van der Waals surface area contributed by atoms with Crippen LogP contribution in [0.1, 0.15) is 73.1 Å². The van der Waals surface area contributed by atoms with Gasteiger partial charge < -0.3 is 40.7 Å². The van der Waals surface area contributed by atoms with E-state index < -0.39 is 71.9 Å². The van der Waals surface area contributed by atoms with E-state index in [1.54, 1.807) is 6.92 Å². The minimum atomic E-state index is -1.54. The van der Waals surface area contributed by atoms with Crippen LogP contribution in [-0.4, -0.2) is 135 Å². The first-order chi connectivity index (χ1) is 21.0. The molecular weight excluding hydrogens is 610 g/mol. The normalized spacial score (nSPS) is 19.3. The third kappa shape index (κ3) is 11.1. The van der Waals surface area contributed by atoms with Gasteiger partial charge in [0.25, 0.3) is 5.91 Å². The van der Waals surface area contributed by atoms with Crippen LogP contribution in [0.25, 0.3) is 0 Å². The first-order valence-electron chi connectivity index (χ1n) is 15.6. The van der Waals surface area contributed by atoms with E-state index in [0.717, 1.165) is 0 Å². The summed E-state index contributed by atoms with van der Waals surface area (Å²) >= 11 is 5.59. The Morgan fingerprint density at radius 1 is 0.956 bits per heavy atom. The van der Waals surface area contributed by atoms with Crippen LogP contribution in [0.4, 0.5) is 0 Å². The maximum atomic E-state index is 14.0. The van der Waals surface area contributed by atoms with E-state index in [0.29, 0.717) is 25.7 Å². The van der Waals surface area contributed by atoms with Crippen LogP contribution in [0, 0.1) is 11.8 Å². The van der Waals surface area contributed by atoms with Gasteiger partial charge in [-0.15, -0.1) is 11.6 Å². The molecule has 0 spiro atoms. The lowest BCUT2D eigenvalue weighted by Crippen LogP contribution is -2.61. The number of alkyl halides is 1. The fraction of sp³-hybridized carbons (Fsp3) is 0.800. The van der Waals surface area contributed by atoms with E-state index in [1.807, 2.05) is 20.8 Å². The molecular formula is C30H52ClN5O9. The molecule has 1 aliphatic heterocycles. The number of amides is 5. The van der Waals surface area contributed by atoms with Crippen molar-refractivity contribution < 1.29 is 44.1 Å². The average Bonchev–Trinajstić information content (AvgIpc) is 3.51. The minimum Gasteiger partial charge on any atom is -0.481 e. The highest BCUT2D eigenvalue weighted by Gasteiger charge is 2.42. The number of aliphatic hydroxyl groups is 2. The molecule has 1 rings (SSSR count). The number of nitrogens with zero attached hydrogens (tertiary/aromatic N) is 3. The third-order valence-corrected chi connectivity index (χ3v) is 9.08. The van der Waals surface area contributed by atoms with Crippen molar-refractivity contribution in [2.75, 3.05) is 33.1 Å². The summed E-state index contributed by atoms with van der Waals surface area (Å²) in [7, 11) is 2.92. The molecule has 8 atom stereocenters. The SMILES string of the molecule is CC[C@H](C)[C@H](NC(=O)[C@@H]1CCCN1C(=O)C(O)CC(O)CCl)C(=O)N(C)[C@H](C(=O)N(C)[C@@H](C)C(=O)NCCC(=O)O)[C@@H](C)CC. The Bertz CT molecular complexity index is 1050. The Hall–Kier alpha value is -2.97. The van der Waals surface area contributed by atoms with Crippen LogP contribution < -0.4 is 10.6 Å². The fourth-order valence-electron chi connectivity index (χ4n) is 5.23. The van der Waals surface area contributed by atoms with Crippen LogP contribution in [0.2, 0.25) is 0 Å². The van der Waals surface area contributed by atoms with E-state index in [9.17, 15) is 39.0 Å². The lowest BCUT2D eigenvalue weighted by molar-refractivity contribution is -0.151. The first kappa shape index (κ1) is 40.1. The molecule has 0 aromatic carbocycles. The van der Waals surface area contributed by atoms with Crippen molar-refractivity contribution in [2.45, 2.75) is 110 Å². The zero-order chi connectivity index (χ0) is 34.6. The van der Waals surface area contributed by atoms with Gasteiger partial charge >= 0.3 is 5.97 Å². The van der Waals surface area contributed by atoms with Gasteiger partial charge in [0.15, 0.2) is 0 Å². The Morgan fingerprint density at radius 2 is 1.56 bits per heavy atom. The molecule has 1 saturated heterocycles. The van der Waals surface area contributed by atoms with Crippen molar-refractivity contribution in [3.8, 4) is 0 Å².